The van der Waals surface area contributed by atoms with Gasteiger partial charge in [-0.25, -0.2) is 12.7 Å². The Morgan fingerprint density at radius 2 is 1.69 bits per heavy atom. The summed E-state index contributed by atoms with van der Waals surface area (Å²) in [5.74, 6) is -2.89. The minimum atomic E-state index is -3.65. The number of aryl methyl sites for hydroxylation is 1. The molecule has 0 aliphatic heterocycles. The summed E-state index contributed by atoms with van der Waals surface area (Å²) in [5.41, 5.74) is 1.85. The van der Waals surface area contributed by atoms with E-state index >= 15 is 0 Å². The second-order valence-electron chi connectivity index (χ2n) is 6.68. The van der Waals surface area contributed by atoms with E-state index in [1.165, 1.54) is 20.2 Å². The van der Waals surface area contributed by atoms with Crippen molar-refractivity contribution in [3.8, 4) is 0 Å². The van der Waals surface area contributed by atoms with E-state index in [1.54, 1.807) is 32.1 Å². The van der Waals surface area contributed by atoms with Gasteiger partial charge in [-0.15, -0.1) is 0 Å². The van der Waals surface area contributed by atoms with Crippen molar-refractivity contribution in [1.82, 2.24) is 4.31 Å². The Kier molecular flexibility index (Phi) is 5.87. The van der Waals surface area contributed by atoms with Gasteiger partial charge in [0.05, 0.1) is 16.7 Å². The van der Waals surface area contributed by atoms with E-state index in [1.807, 2.05) is 0 Å². The Labute approximate surface area is 153 Å². The number of carboxylic acid groups (broad SMARTS) is 1. The quantitative estimate of drug-likeness (QED) is 0.762. The molecule has 2 rings (SSSR count). The maximum absolute atomic E-state index is 12.7. The summed E-state index contributed by atoms with van der Waals surface area (Å²) in [6, 6.07) is 2.98. The maximum Gasteiger partial charge on any atom is 0.307 e. The number of nitrogens with one attached hydrogen (secondary N) is 1. The first-order valence-electron chi connectivity index (χ1n) is 8.28. The van der Waals surface area contributed by atoms with Gasteiger partial charge in [-0.1, -0.05) is 12.2 Å². The fraction of sp³-hybridized carbons (Fsp3) is 0.444. The van der Waals surface area contributed by atoms with E-state index in [2.05, 4.69) is 5.32 Å². The average molecular weight is 380 g/mol. The molecule has 0 aromatic heterocycles. The van der Waals surface area contributed by atoms with E-state index in [0.717, 1.165) is 15.4 Å². The average Bonchev–Trinajstić information content (AvgIpc) is 2.58. The van der Waals surface area contributed by atoms with Crippen molar-refractivity contribution in [2.45, 2.75) is 31.6 Å². The standard InChI is InChI=1S/C18H24N2O5S/c1-11-9-13(26(24,25)20(3)4)10-16(12(11)2)19-17(21)14-7-5-6-8-15(14)18(22)23/h5-6,9-10,14-15H,7-8H2,1-4H3,(H,19,21)(H,22,23)/t14-,15+/m0/s1. The van der Waals surface area contributed by atoms with Crippen molar-refractivity contribution in [3.63, 3.8) is 0 Å². The van der Waals surface area contributed by atoms with Crippen LogP contribution >= 0.6 is 0 Å². The molecule has 0 unspecified atom stereocenters. The zero-order chi connectivity index (χ0) is 19.6. The topological polar surface area (TPSA) is 104 Å². The largest absolute Gasteiger partial charge is 0.481 e. The Bertz CT molecular complexity index is 859. The molecule has 142 valence electrons. The zero-order valence-corrected chi connectivity index (χ0v) is 16.1. The smallest absolute Gasteiger partial charge is 0.307 e. The Hall–Kier alpha value is -2.19. The van der Waals surface area contributed by atoms with Gasteiger partial charge < -0.3 is 10.4 Å². The summed E-state index contributed by atoms with van der Waals surface area (Å²) >= 11 is 0. The lowest BCUT2D eigenvalue weighted by atomic mass is 9.82. The summed E-state index contributed by atoms with van der Waals surface area (Å²) in [5, 5.41) is 12.1. The van der Waals surface area contributed by atoms with Crippen LogP contribution in [-0.2, 0) is 19.6 Å². The van der Waals surface area contributed by atoms with E-state index < -0.39 is 33.7 Å². The van der Waals surface area contributed by atoms with Crippen LogP contribution in [0.5, 0.6) is 0 Å². The first-order valence-corrected chi connectivity index (χ1v) is 9.72. The molecule has 7 nitrogen and oxygen atoms in total. The summed E-state index contributed by atoms with van der Waals surface area (Å²) in [7, 11) is -0.769. The molecular weight excluding hydrogens is 356 g/mol. The summed E-state index contributed by atoms with van der Waals surface area (Å²) in [6.07, 6.45) is 4.22. The van der Waals surface area contributed by atoms with E-state index in [9.17, 15) is 23.1 Å². The van der Waals surface area contributed by atoms with Crippen LogP contribution in [0.1, 0.15) is 24.0 Å². The third-order valence-corrected chi connectivity index (χ3v) is 6.56. The SMILES string of the molecule is Cc1cc(S(=O)(=O)N(C)C)cc(NC(=O)[C@H]2CC=CC[C@H]2C(=O)O)c1C. The number of aliphatic carboxylic acids is 1. The van der Waals surface area contributed by atoms with Gasteiger partial charge in [0, 0.05) is 19.8 Å². The molecule has 0 bridgehead atoms. The first-order chi connectivity index (χ1) is 12.1. The molecule has 0 spiro atoms. The van der Waals surface area contributed by atoms with Crippen LogP contribution in [0.15, 0.2) is 29.2 Å². The molecule has 0 saturated carbocycles. The van der Waals surface area contributed by atoms with E-state index in [0.29, 0.717) is 18.5 Å². The number of rotatable bonds is 5. The number of carbonyl (C=O) groups is 2. The third kappa shape index (κ3) is 3.96. The lowest BCUT2D eigenvalue weighted by Gasteiger charge is -2.25. The van der Waals surface area contributed by atoms with Crippen LogP contribution in [0.3, 0.4) is 0 Å². The first kappa shape index (κ1) is 20.1. The predicted molar refractivity (Wildman–Crippen MR) is 98.4 cm³/mol. The lowest BCUT2D eigenvalue weighted by Crippen LogP contribution is -2.35. The molecule has 2 N–H and O–H groups in total. The number of anilines is 1. The number of nitrogens with zero attached hydrogens (tertiary/aromatic N) is 1. The number of amides is 1. The van der Waals surface area contributed by atoms with Gasteiger partial charge >= 0.3 is 5.97 Å². The maximum atomic E-state index is 12.7. The Morgan fingerprint density at radius 3 is 2.23 bits per heavy atom. The van der Waals surface area contributed by atoms with Crippen molar-refractivity contribution < 1.29 is 23.1 Å². The fourth-order valence-electron chi connectivity index (χ4n) is 2.92. The van der Waals surface area contributed by atoms with Gasteiger partial charge in [0.1, 0.15) is 0 Å². The molecule has 0 fully saturated rings. The molecule has 0 heterocycles. The molecular formula is C18H24N2O5S. The minimum absolute atomic E-state index is 0.0826. The molecule has 1 aliphatic carbocycles. The highest BCUT2D eigenvalue weighted by atomic mass is 32.2. The molecule has 1 aliphatic rings. The number of carbonyl (C=O) groups excluding carboxylic acids is 1. The fourth-order valence-corrected chi connectivity index (χ4v) is 3.93. The van der Waals surface area contributed by atoms with Crippen molar-refractivity contribution in [1.29, 1.82) is 0 Å². The number of carboxylic acids is 1. The van der Waals surface area contributed by atoms with Gasteiger partial charge in [0.15, 0.2) is 0 Å². The predicted octanol–water partition coefficient (Wildman–Crippen LogP) is 2.16. The highest BCUT2D eigenvalue weighted by Crippen LogP contribution is 2.30. The van der Waals surface area contributed by atoms with E-state index in [-0.39, 0.29) is 4.90 Å². The van der Waals surface area contributed by atoms with Gasteiger partial charge in [-0.05, 0) is 49.9 Å². The Balaban J connectivity index is 2.37. The Morgan fingerprint density at radius 1 is 1.12 bits per heavy atom. The highest BCUT2D eigenvalue weighted by molar-refractivity contribution is 7.89. The van der Waals surface area contributed by atoms with Crippen LogP contribution in [0.25, 0.3) is 0 Å². The van der Waals surface area contributed by atoms with Gasteiger partial charge in [-0.3, -0.25) is 9.59 Å². The van der Waals surface area contributed by atoms with Crippen LogP contribution in [0, 0.1) is 25.7 Å². The van der Waals surface area contributed by atoms with Gasteiger partial charge in [0.2, 0.25) is 15.9 Å². The van der Waals surface area contributed by atoms with Gasteiger partial charge in [-0.2, -0.15) is 0 Å². The lowest BCUT2D eigenvalue weighted by molar-refractivity contribution is -0.146. The van der Waals surface area contributed by atoms with Crippen LogP contribution in [0.4, 0.5) is 5.69 Å². The number of hydrogen-bond donors (Lipinski definition) is 2. The molecule has 1 amide bonds. The minimum Gasteiger partial charge on any atom is -0.481 e. The second-order valence-corrected chi connectivity index (χ2v) is 8.84. The number of sulfonamides is 1. The van der Waals surface area contributed by atoms with Crippen LogP contribution < -0.4 is 5.32 Å². The summed E-state index contributed by atoms with van der Waals surface area (Å²) in [6.45, 7) is 3.55. The number of benzene rings is 1. The zero-order valence-electron chi connectivity index (χ0n) is 15.3. The molecule has 2 atom stereocenters. The second kappa shape index (κ2) is 7.59. The summed E-state index contributed by atoms with van der Waals surface area (Å²) < 4.78 is 25.9. The molecule has 8 heteroatoms. The number of allylic oxidation sites excluding steroid dienone is 2. The summed E-state index contributed by atoms with van der Waals surface area (Å²) in [4.78, 5) is 24.2. The van der Waals surface area contributed by atoms with Gasteiger partial charge in [0.25, 0.3) is 0 Å². The third-order valence-electron chi connectivity index (χ3n) is 4.76. The van der Waals surface area contributed by atoms with Crippen LogP contribution in [-0.4, -0.2) is 43.8 Å². The highest BCUT2D eigenvalue weighted by Gasteiger charge is 2.34. The number of hydrogen-bond acceptors (Lipinski definition) is 4. The molecule has 0 radical (unpaired) electrons. The van der Waals surface area contributed by atoms with Crippen LogP contribution in [0.2, 0.25) is 0 Å². The van der Waals surface area contributed by atoms with Crippen molar-refractivity contribution in [3.05, 3.63) is 35.4 Å². The molecule has 1 aromatic carbocycles. The van der Waals surface area contributed by atoms with Crippen molar-refractivity contribution in [2.24, 2.45) is 11.8 Å². The molecule has 0 saturated heterocycles. The molecule has 1 aromatic rings. The monoisotopic (exact) mass is 380 g/mol. The van der Waals surface area contributed by atoms with Crippen molar-refractivity contribution in [2.75, 3.05) is 19.4 Å². The van der Waals surface area contributed by atoms with Crippen molar-refractivity contribution >= 4 is 27.6 Å². The van der Waals surface area contributed by atoms with E-state index in [4.69, 9.17) is 0 Å². The normalized spacial score (nSPS) is 20.2. The molecule has 26 heavy (non-hydrogen) atoms.